The van der Waals surface area contributed by atoms with Crippen LogP contribution in [0.25, 0.3) is 0 Å². The van der Waals surface area contributed by atoms with Crippen LogP contribution in [0, 0.1) is 6.92 Å². The van der Waals surface area contributed by atoms with Gasteiger partial charge in [0.1, 0.15) is 5.76 Å². The number of anilines is 1. The van der Waals surface area contributed by atoms with E-state index in [1.165, 1.54) is 6.07 Å². The molecule has 3 aromatic heterocycles. The van der Waals surface area contributed by atoms with Gasteiger partial charge in [-0.2, -0.15) is 0 Å². The Morgan fingerprint density at radius 3 is 3.05 bits per heavy atom. The average Bonchev–Trinajstić information content (AvgIpc) is 3.13. The fraction of sp³-hybridized carbons (Fsp3) is 0.167. The molecule has 0 aromatic carbocycles. The number of aromatic nitrogens is 3. The highest BCUT2D eigenvalue weighted by Crippen LogP contribution is 2.15. The number of carbonyl (C=O) groups excluding carboxylic acids is 1. The van der Waals surface area contributed by atoms with Gasteiger partial charge in [0.15, 0.2) is 5.69 Å². The van der Waals surface area contributed by atoms with Crippen LogP contribution >= 0.6 is 11.3 Å². The summed E-state index contributed by atoms with van der Waals surface area (Å²) in [5, 5.41) is 15.7. The Balaban J connectivity index is 1.66. The second-order valence-corrected chi connectivity index (χ2v) is 5.07. The van der Waals surface area contributed by atoms with Gasteiger partial charge in [-0.05, 0) is 18.4 Å². The molecule has 1 amide bonds. The number of nitrogens with zero attached hydrogens (tertiary/aromatic N) is 3. The van der Waals surface area contributed by atoms with E-state index in [1.807, 2.05) is 17.5 Å². The summed E-state index contributed by atoms with van der Waals surface area (Å²) in [6.45, 7) is 1.70. The molecule has 3 heterocycles. The molecule has 0 bridgehead atoms. The number of hydrogen-bond donors (Lipinski definition) is 1. The predicted molar refractivity (Wildman–Crippen MR) is 70.6 cm³/mol. The maximum atomic E-state index is 11.8. The molecule has 1 N–H and O–H groups in total. The van der Waals surface area contributed by atoms with Crippen LogP contribution in [0.3, 0.4) is 0 Å². The zero-order valence-electron chi connectivity index (χ0n) is 10.5. The van der Waals surface area contributed by atoms with Crippen molar-refractivity contribution in [2.45, 2.75) is 13.3 Å². The summed E-state index contributed by atoms with van der Waals surface area (Å²) in [7, 11) is 0. The second kappa shape index (κ2) is 5.25. The van der Waals surface area contributed by atoms with E-state index in [0.717, 1.165) is 4.88 Å². The Labute approximate surface area is 117 Å². The predicted octanol–water partition coefficient (Wildman–Crippen LogP) is 2.27. The molecule has 0 saturated heterocycles. The molecule has 0 aliphatic heterocycles. The summed E-state index contributed by atoms with van der Waals surface area (Å²) in [6.07, 6.45) is 0.545. The van der Waals surface area contributed by atoms with E-state index >= 15 is 0 Å². The Morgan fingerprint density at radius 1 is 1.45 bits per heavy atom. The van der Waals surface area contributed by atoms with Gasteiger partial charge in [0, 0.05) is 10.9 Å². The molecule has 20 heavy (non-hydrogen) atoms. The van der Waals surface area contributed by atoms with Crippen molar-refractivity contribution in [1.29, 1.82) is 0 Å². The molecule has 8 heteroatoms. The van der Waals surface area contributed by atoms with Crippen LogP contribution in [0.5, 0.6) is 0 Å². The molecule has 3 rings (SSSR count). The maximum absolute atomic E-state index is 11.8. The number of hydrogen-bond acceptors (Lipinski definition) is 7. The third-order valence-electron chi connectivity index (χ3n) is 2.45. The van der Waals surface area contributed by atoms with Crippen molar-refractivity contribution in [1.82, 2.24) is 15.4 Å². The lowest BCUT2D eigenvalue weighted by molar-refractivity contribution is 0.101. The third kappa shape index (κ3) is 2.75. The molecule has 0 saturated carbocycles. The molecule has 0 radical (unpaired) electrons. The number of rotatable bonds is 4. The summed E-state index contributed by atoms with van der Waals surface area (Å²) in [4.78, 5) is 12.9. The van der Waals surface area contributed by atoms with Crippen molar-refractivity contribution < 1.29 is 13.7 Å². The summed E-state index contributed by atoms with van der Waals surface area (Å²) < 4.78 is 10.2. The fourth-order valence-corrected chi connectivity index (χ4v) is 2.27. The normalized spacial score (nSPS) is 10.7. The minimum Gasteiger partial charge on any atom is -0.407 e. The fourth-order valence-electron chi connectivity index (χ4n) is 1.57. The Morgan fingerprint density at radius 2 is 2.35 bits per heavy atom. The first-order chi connectivity index (χ1) is 9.70. The van der Waals surface area contributed by atoms with Crippen LogP contribution in [0.4, 0.5) is 6.01 Å². The number of nitrogens with one attached hydrogen (secondary N) is 1. The van der Waals surface area contributed by atoms with E-state index in [1.54, 1.807) is 18.3 Å². The van der Waals surface area contributed by atoms with Gasteiger partial charge in [-0.25, -0.2) is 0 Å². The molecule has 0 fully saturated rings. The minimum absolute atomic E-state index is 0.0437. The molecular weight excluding hydrogens is 280 g/mol. The Kier molecular flexibility index (Phi) is 3.30. The third-order valence-corrected chi connectivity index (χ3v) is 3.33. The second-order valence-electron chi connectivity index (χ2n) is 4.03. The zero-order chi connectivity index (χ0) is 13.9. The van der Waals surface area contributed by atoms with E-state index < -0.39 is 5.91 Å². The van der Waals surface area contributed by atoms with E-state index in [9.17, 15) is 4.79 Å². The van der Waals surface area contributed by atoms with Gasteiger partial charge in [-0.15, -0.1) is 16.4 Å². The topological polar surface area (TPSA) is 94.1 Å². The van der Waals surface area contributed by atoms with Crippen molar-refractivity contribution in [3.05, 3.63) is 45.8 Å². The summed E-state index contributed by atoms with van der Waals surface area (Å²) in [5.41, 5.74) is 0.167. The quantitative estimate of drug-likeness (QED) is 0.792. The molecule has 3 aromatic rings. The van der Waals surface area contributed by atoms with Gasteiger partial charge >= 0.3 is 6.01 Å². The van der Waals surface area contributed by atoms with Crippen molar-refractivity contribution >= 4 is 23.3 Å². The molecule has 0 aliphatic rings. The number of carbonyl (C=O) groups is 1. The number of thiophene rings is 1. The van der Waals surface area contributed by atoms with Crippen molar-refractivity contribution in [2.75, 3.05) is 5.32 Å². The Bertz CT molecular complexity index is 717. The largest absolute Gasteiger partial charge is 0.407 e. The Hall–Kier alpha value is -2.48. The highest BCUT2D eigenvalue weighted by atomic mass is 32.1. The molecule has 102 valence electrons. The number of amides is 1. The molecular formula is C12H10N4O3S. The van der Waals surface area contributed by atoms with E-state index in [0.29, 0.717) is 18.1 Å². The zero-order valence-corrected chi connectivity index (χ0v) is 11.3. The van der Waals surface area contributed by atoms with Gasteiger partial charge in [0.05, 0.1) is 6.42 Å². The summed E-state index contributed by atoms with van der Waals surface area (Å²) >= 11 is 1.60. The lowest BCUT2D eigenvalue weighted by Gasteiger charge is -1.94. The van der Waals surface area contributed by atoms with Crippen molar-refractivity contribution in [2.24, 2.45) is 0 Å². The van der Waals surface area contributed by atoms with E-state index in [4.69, 9.17) is 8.94 Å². The van der Waals surface area contributed by atoms with Gasteiger partial charge in [0.2, 0.25) is 5.89 Å². The number of aryl methyl sites for hydroxylation is 1. The SMILES string of the molecule is Cc1cc(C(=O)Nc2nnc(Cc3cccs3)o2)no1. The smallest absolute Gasteiger partial charge is 0.322 e. The standard InChI is InChI=1S/C12H10N4O3S/c1-7-5-9(16-19-7)11(17)13-12-15-14-10(18-12)6-8-3-2-4-20-8/h2-5H,6H2,1H3,(H,13,15,17). The first-order valence-electron chi connectivity index (χ1n) is 5.80. The van der Waals surface area contributed by atoms with Crippen molar-refractivity contribution in [3.8, 4) is 0 Å². The van der Waals surface area contributed by atoms with Gasteiger partial charge in [0.25, 0.3) is 5.91 Å². The van der Waals surface area contributed by atoms with Crippen LogP contribution in [-0.4, -0.2) is 21.3 Å². The van der Waals surface area contributed by atoms with Crippen LogP contribution in [0.2, 0.25) is 0 Å². The molecule has 0 unspecified atom stereocenters. The molecule has 0 spiro atoms. The molecule has 0 atom stereocenters. The van der Waals surface area contributed by atoms with Gasteiger partial charge in [-0.1, -0.05) is 16.3 Å². The summed E-state index contributed by atoms with van der Waals surface area (Å²) in [5.74, 6) is 0.548. The van der Waals surface area contributed by atoms with Crippen LogP contribution in [-0.2, 0) is 6.42 Å². The first-order valence-corrected chi connectivity index (χ1v) is 6.68. The van der Waals surface area contributed by atoms with Crippen LogP contribution < -0.4 is 5.32 Å². The summed E-state index contributed by atoms with van der Waals surface area (Å²) in [6, 6.07) is 5.50. The lowest BCUT2D eigenvalue weighted by Crippen LogP contribution is -2.12. The van der Waals surface area contributed by atoms with Crippen LogP contribution in [0.15, 0.2) is 32.5 Å². The van der Waals surface area contributed by atoms with Crippen molar-refractivity contribution in [3.63, 3.8) is 0 Å². The van der Waals surface area contributed by atoms with E-state index in [-0.39, 0.29) is 11.7 Å². The van der Waals surface area contributed by atoms with E-state index in [2.05, 4.69) is 20.7 Å². The monoisotopic (exact) mass is 290 g/mol. The minimum atomic E-state index is -0.451. The van der Waals surface area contributed by atoms with Crippen LogP contribution in [0.1, 0.15) is 27.0 Å². The lowest BCUT2D eigenvalue weighted by atomic mass is 10.3. The first kappa shape index (κ1) is 12.5. The maximum Gasteiger partial charge on any atom is 0.322 e. The van der Waals surface area contributed by atoms with Gasteiger partial charge < -0.3 is 8.94 Å². The van der Waals surface area contributed by atoms with Gasteiger partial charge in [-0.3, -0.25) is 10.1 Å². The highest BCUT2D eigenvalue weighted by Gasteiger charge is 2.15. The highest BCUT2D eigenvalue weighted by molar-refractivity contribution is 7.09. The molecule has 7 nitrogen and oxygen atoms in total. The average molecular weight is 290 g/mol. The molecule has 0 aliphatic carbocycles.